The van der Waals surface area contributed by atoms with Crippen LogP contribution in [0.15, 0.2) is 0 Å². The number of hydrogen-bond acceptors (Lipinski definition) is 2. The molecular weight excluding hydrogens is 220 g/mol. The van der Waals surface area contributed by atoms with Gasteiger partial charge in [-0.15, -0.1) is 0 Å². The van der Waals surface area contributed by atoms with E-state index in [4.69, 9.17) is 5.11 Å². The molecule has 0 aromatic rings. The highest BCUT2D eigenvalue weighted by Crippen LogP contribution is 2.65. The summed E-state index contributed by atoms with van der Waals surface area (Å²) in [5.74, 6) is 2.05. The summed E-state index contributed by atoms with van der Waals surface area (Å²) < 4.78 is 0. The molecule has 3 fully saturated rings. The van der Waals surface area contributed by atoms with Crippen molar-refractivity contribution in [1.82, 2.24) is 10.2 Å². The minimum absolute atomic E-state index is 0.235. The quantitative estimate of drug-likeness (QED) is 0.762. The van der Waals surface area contributed by atoms with Gasteiger partial charge in [0.1, 0.15) is 6.54 Å². The zero-order chi connectivity index (χ0) is 12.2. The van der Waals surface area contributed by atoms with Gasteiger partial charge in [0.15, 0.2) is 0 Å². The summed E-state index contributed by atoms with van der Waals surface area (Å²) >= 11 is 0. The van der Waals surface area contributed by atoms with Crippen molar-refractivity contribution in [2.24, 2.45) is 23.7 Å². The van der Waals surface area contributed by atoms with E-state index in [1.165, 1.54) is 31.2 Å². The lowest BCUT2D eigenvalue weighted by molar-refractivity contribution is -0.137. The molecular formula is C12H18N2O3. The van der Waals surface area contributed by atoms with Crippen molar-refractivity contribution in [3.63, 3.8) is 0 Å². The number of amides is 2. The van der Waals surface area contributed by atoms with Crippen LogP contribution in [0, 0.1) is 23.7 Å². The molecule has 17 heavy (non-hydrogen) atoms. The van der Waals surface area contributed by atoms with Gasteiger partial charge in [-0.2, -0.15) is 0 Å². The first-order valence-corrected chi connectivity index (χ1v) is 6.31. The molecule has 2 amide bonds. The predicted octanol–water partition coefficient (Wildman–Crippen LogP) is 0.757. The van der Waals surface area contributed by atoms with Gasteiger partial charge in [-0.05, 0) is 42.9 Å². The largest absolute Gasteiger partial charge is 0.480 e. The van der Waals surface area contributed by atoms with Crippen LogP contribution in [0.1, 0.15) is 19.3 Å². The second-order valence-electron chi connectivity index (χ2n) is 5.71. The third-order valence-corrected chi connectivity index (χ3v) is 4.74. The summed E-state index contributed by atoms with van der Waals surface area (Å²) in [7, 11) is 1.52. The van der Waals surface area contributed by atoms with E-state index in [2.05, 4.69) is 5.32 Å². The molecule has 5 heteroatoms. The SMILES string of the molecule is CN(CC(=O)O)C(=O)NC1C2C3CCC(C3)C12. The fraction of sp³-hybridized carbons (Fsp3) is 0.833. The normalized spacial score (nSPS) is 40.9. The number of carboxylic acids is 1. The highest BCUT2D eigenvalue weighted by Gasteiger charge is 2.65. The molecule has 3 rings (SSSR count). The minimum Gasteiger partial charge on any atom is -0.480 e. The third kappa shape index (κ3) is 1.68. The first-order chi connectivity index (χ1) is 8.08. The molecule has 0 aliphatic heterocycles. The van der Waals surface area contributed by atoms with Crippen molar-refractivity contribution in [3.8, 4) is 0 Å². The topological polar surface area (TPSA) is 69.6 Å². The molecule has 0 heterocycles. The molecule has 5 nitrogen and oxygen atoms in total. The Labute approximate surface area is 100 Å². The van der Waals surface area contributed by atoms with Gasteiger partial charge in [0.05, 0.1) is 0 Å². The number of carbonyl (C=O) groups excluding carboxylic acids is 1. The van der Waals surface area contributed by atoms with E-state index in [1.54, 1.807) is 0 Å². The first kappa shape index (κ1) is 10.9. The molecule has 3 saturated carbocycles. The number of carbonyl (C=O) groups is 2. The van der Waals surface area contributed by atoms with Crippen molar-refractivity contribution >= 4 is 12.0 Å². The van der Waals surface area contributed by atoms with Crippen molar-refractivity contribution in [2.75, 3.05) is 13.6 Å². The zero-order valence-electron chi connectivity index (χ0n) is 9.93. The average molecular weight is 238 g/mol. The Balaban J connectivity index is 1.52. The smallest absolute Gasteiger partial charge is 0.323 e. The van der Waals surface area contributed by atoms with Crippen LogP contribution in [0.4, 0.5) is 4.79 Å². The van der Waals surface area contributed by atoms with E-state index in [0.29, 0.717) is 17.9 Å². The molecule has 0 spiro atoms. The van der Waals surface area contributed by atoms with Crippen LogP contribution < -0.4 is 5.32 Å². The monoisotopic (exact) mass is 238 g/mol. The Morgan fingerprint density at radius 1 is 1.29 bits per heavy atom. The number of aliphatic carboxylic acids is 1. The Bertz CT molecular complexity index is 355. The van der Waals surface area contributed by atoms with Crippen molar-refractivity contribution < 1.29 is 14.7 Å². The number of fused-ring (bicyclic) bond motifs is 5. The molecule has 2 bridgehead atoms. The van der Waals surface area contributed by atoms with E-state index in [9.17, 15) is 9.59 Å². The van der Waals surface area contributed by atoms with Crippen molar-refractivity contribution in [2.45, 2.75) is 25.3 Å². The van der Waals surface area contributed by atoms with Gasteiger partial charge < -0.3 is 15.3 Å². The summed E-state index contributed by atoms with van der Waals surface area (Å²) in [6.45, 7) is -0.235. The summed E-state index contributed by atoms with van der Waals surface area (Å²) in [6.07, 6.45) is 4.00. The maximum atomic E-state index is 11.7. The Morgan fingerprint density at radius 2 is 1.88 bits per heavy atom. The standard InChI is InChI=1S/C12H18N2O3/c1-14(5-8(15)16)12(17)13-11-9-6-2-3-7(4-6)10(9)11/h6-7,9-11H,2-5H2,1H3,(H,13,17)(H,15,16). The number of likely N-dealkylation sites (N-methyl/N-ethyl adjacent to an activating group) is 1. The lowest BCUT2D eigenvalue weighted by Crippen LogP contribution is -2.42. The summed E-state index contributed by atoms with van der Waals surface area (Å²) in [5.41, 5.74) is 0. The minimum atomic E-state index is -0.973. The van der Waals surface area contributed by atoms with Crippen LogP contribution in [0.2, 0.25) is 0 Å². The fourth-order valence-corrected chi connectivity index (χ4v) is 4.05. The average Bonchev–Trinajstić information content (AvgIpc) is 2.69. The third-order valence-electron chi connectivity index (χ3n) is 4.74. The number of carboxylic acid groups (broad SMARTS) is 1. The number of nitrogens with zero attached hydrogens (tertiary/aromatic N) is 1. The predicted molar refractivity (Wildman–Crippen MR) is 60.4 cm³/mol. The highest BCUT2D eigenvalue weighted by molar-refractivity contribution is 5.80. The van der Waals surface area contributed by atoms with Crippen molar-refractivity contribution in [1.29, 1.82) is 0 Å². The Kier molecular flexibility index (Phi) is 2.31. The molecule has 0 saturated heterocycles. The molecule has 0 aromatic carbocycles. The van der Waals surface area contributed by atoms with Gasteiger partial charge in [-0.25, -0.2) is 4.79 Å². The molecule has 0 radical (unpaired) electrons. The van der Waals surface area contributed by atoms with E-state index >= 15 is 0 Å². The second-order valence-corrected chi connectivity index (χ2v) is 5.71. The number of hydrogen-bond donors (Lipinski definition) is 2. The Hall–Kier alpha value is -1.26. The van der Waals surface area contributed by atoms with E-state index < -0.39 is 5.97 Å². The summed E-state index contributed by atoms with van der Waals surface area (Å²) in [6, 6.07) is 0.0798. The van der Waals surface area contributed by atoms with Gasteiger partial charge in [-0.3, -0.25) is 4.79 Å². The summed E-state index contributed by atoms with van der Waals surface area (Å²) in [4.78, 5) is 23.5. The molecule has 4 unspecified atom stereocenters. The van der Waals surface area contributed by atoms with Crippen LogP contribution in [-0.4, -0.2) is 41.6 Å². The van der Waals surface area contributed by atoms with Gasteiger partial charge in [0.25, 0.3) is 0 Å². The van der Waals surface area contributed by atoms with Gasteiger partial charge in [0, 0.05) is 13.1 Å². The zero-order valence-corrected chi connectivity index (χ0v) is 9.93. The van der Waals surface area contributed by atoms with E-state index in [1.807, 2.05) is 0 Å². The molecule has 3 aliphatic carbocycles. The molecule has 4 atom stereocenters. The van der Waals surface area contributed by atoms with Crippen LogP contribution in [0.5, 0.6) is 0 Å². The van der Waals surface area contributed by atoms with Crippen molar-refractivity contribution in [3.05, 3.63) is 0 Å². The maximum absolute atomic E-state index is 11.7. The number of nitrogens with one attached hydrogen (secondary N) is 1. The lowest BCUT2D eigenvalue weighted by atomic mass is 10.0. The number of urea groups is 1. The van der Waals surface area contributed by atoms with E-state index in [0.717, 1.165) is 11.8 Å². The fourth-order valence-electron chi connectivity index (χ4n) is 4.05. The second kappa shape index (κ2) is 3.62. The molecule has 2 N–H and O–H groups in total. The highest BCUT2D eigenvalue weighted by atomic mass is 16.4. The first-order valence-electron chi connectivity index (χ1n) is 6.31. The van der Waals surface area contributed by atoms with Crippen LogP contribution in [0.25, 0.3) is 0 Å². The molecule has 0 aromatic heterocycles. The van der Waals surface area contributed by atoms with E-state index in [-0.39, 0.29) is 12.6 Å². The number of rotatable bonds is 3. The lowest BCUT2D eigenvalue weighted by Gasteiger charge is -2.17. The van der Waals surface area contributed by atoms with Crippen LogP contribution >= 0.6 is 0 Å². The van der Waals surface area contributed by atoms with Gasteiger partial charge in [-0.1, -0.05) is 0 Å². The maximum Gasteiger partial charge on any atom is 0.323 e. The van der Waals surface area contributed by atoms with Crippen LogP contribution in [0.3, 0.4) is 0 Å². The summed E-state index contributed by atoms with van der Waals surface area (Å²) in [5, 5.41) is 11.6. The van der Waals surface area contributed by atoms with Gasteiger partial charge in [0.2, 0.25) is 0 Å². The van der Waals surface area contributed by atoms with Crippen LogP contribution in [-0.2, 0) is 4.79 Å². The van der Waals surface area contributed by atoms with Gasteiger partial charge >= 0.3 is 12.0 Å². The molecule has 3 aliphatic rings. The Morgan fingerprint density at radius 3 is 2.41 bits per heavy atom. The molecule has 94 valence electrons.